The van der Waals surface area contributed by atoms with Gasteiger partial charge in [0.2, 0.25) is 11.8 Å². The molecular weight excluding hydrogens is 823 g/mol. The van der Waals surface area contributed by atoms with E-state index in [9.17, 15) is 27.6 Å². The molecule has 0 radical (unpaired) electrons. The molecule has 2 aliphatic heterocycles. The van der Waals surface area contributed by atoms with Gasteiger partial charge in [0, 0.05) is 47.7 Å². The summed E-state index contributed by atoms with van der Waals surface area (Å²) in [6.07, 6.45) is 4.35. The molecule has 3 aliphatic rings. The van der Waals surface area contributed by atoms with Gasteiger partial charge in [-0.05, 0) is 84.6 Å². The summed E-state index contributed by atoms with van der Waals surface area (Å²) in [7, 11) is -2.96. The summed E-state index contributed by atoms with van der Waals surface area (Å²) >= 11 is 1.45. The van der Waals surface area contributed by atoms with Crippen LogP contribution in [0.1, 0.15) is 73.1 Å². The lowest BCUT2D eigenvalue weighted by molar-refractivity contribution is -0.131. The Morgan fingerprint density at radius 3 is 2.59 bits per heavy atom. The summed E-state index contributed by atoms with van der Waals surface area (Å²) in [5, 5.41) is 12.1. The summed E-state index contributed by atoms with van der Waals surface area (Å²) in [5.74, 6) is -1.48. The van der Waals surface area contributed by atoms with Crippen molar-refractivity contribution in [3.05, 3.63) is 66.1 Å². The van der Waals surface area contributed by atoms with Gasteiger partial charge < -0.3 is 30.2 Å². The SMILES string of the molecule is COc1ccc2c(O[C@@H]3C[C@@H](C(=O)N[C@]45C[C@@H]4C=CCCCCC(=O)Nc4ccccc4S(=O)(=O)NC5=O)N(C(=O)OC(C)(C)C)C3)cc(-c3csc(NC(C)C)n3)nc2c1. The number of rotatable bonds is 8. The van der Waals surface area contributed by atoms with Crippen LogP contribution in [0, 0.1) is 5.92 Å². The van der Waals surface area contributed by atoms with Gasteiger partial charge in [-0.3, -0.25) is 19.3 Å². The number of likely N-dealkylation sites (tertiary alicyclic amines) is 1. The smallest absolute Gasteiger partial charge is 0.411 e. The summed E-state index contributed by atoms with van der Waals surface area (Å²) < 4.78 is 47.6. The lowest BCUT2D eigenvalue weighted by Crippen LogP contribution is -2.56. The number of nitrogens with zero attached hydrogens (tertiary/aromatic N) is 3. The van der Waals surface area contributed by atoms with Crippen LogP contribution in [0.5, 0.6) is 11.5 Å². The molecule has 2 aromatic carbocycles. The Labute approximate surface area is 358 Å². The second kappa shape index (κ2) is 17.3. The van der Waals surface area contributed by atoms with Crippen LogP contribution >= 0.6 is 11.3 Å². The van der Waals surface area contributed by atoms with Gasteiger partial charge in [0.1, 0.15) is 45.4 Å². The number of aromatic nitrogens is 2. The largest absolute Gasteiger partial charge is 0.497 e. The molecule has 324 valence electrons. The van der Waals surface area contributed by atoms with Gasteiger partial charge in [-0.1, -0.05) is 24.3 Å². The molecule has 61 heavy (non-hydrogen) atoms. The van der Waals surface area contributed by atoms with E-state index >= 15 is 0 Å². The second-order valence-corrected chi connectivity index (χ2v) is 19.3. The van der Waals surface area contributed by atoms with Gasteiger partial charge in [0.15, 0.2) is 5.13 Å². The van der Waals surface area contributed by atoms with E-state index in [1.165, 1.54) is 34.4 Å². The van der Waals surface area contributed by atoms with Gasteiger partial charge in [-0.2, -0.15) is 0 Å². The maximum Gasteiger partial charge on any atom is 0.411 e. The summed E-state index contributed by atoms with van der Waals surface area (Å²) in [5.41, 5.74) is -0.768. The van der Waals surface area contributed by atoms with Gasteiger partial charge in [0.25, 0.3) is 15.9 Å². The number of nitrogens with one attached hydrogen (secondary N) is 4. The van der Waals surface area contributed by atoms with Crippen molar-refractivity contribution >= 4 is 66.9 Å². The number of hydrogen-bond acceptors (Lipinski definition) is 13. The zero-order valence-electron chi connectivity index (χ0n) is 34.9. The maximum atomic E-state index is 14.5. The van der Waals surface area contributed by atoms with Crippen LogP contribution in [0.3, 0.4) is 0 Å². The topological polar surface area (TPSA) is 207 Å². The van der Waals surface area contributed by atoms with Crippen molar-refractivity contribution < 1.29 is 41.8 Å². The normalized spacial score (nSPS) is 22.8. The molecule has 1 aliphatic carbocycles. The number of fused-ring (bicyclic) bond motifs is 3. The lowest BCUT2D eigenvalue weighted by atomic mass is 10.1. The van der Waals surface area contributed by atoms with E-state index in [0.717, 1.165) is 5.13 Å². The van der Waals surface area contributed by atoms with Crippen LogP contribution in [0.4, 0.5) is 15.6 Å². The van der Waals surface area contributed by atoms with E-state index in [1.54, 1.807) is 58.2 Å². The minimum atomic E-state index is -4.52. The third-order valence-corrected chi connectivity index (χ3v) is 12.6. The van der Waals surface area contributed by atoms with E-state index in [-0.39, 0.29) is 48.3 Å². The number of benzene rings is 2. The third kappa shape index (κ3) is 9.91. The van der Waals surface area contributed by atoms with E-state index in [4.69, 9.17) is 24.2 Å². The van der Waals surface area contributed by atoms with Gasteiger partial charge in [-0.25, -0.2) is 27.9 Å². The Morgan fingerprint density at radius 2 is 1.84 bits per heavy atom. The first-order valence-electron chi connectivity index (χ1n) is 20.3. The Bertz CT molecular complexity index is 2480. The zero-order chi connectivity index (χ0) is 43.7. The van der Waals surface area contributed by atoms with Gasteiger partial charge in [0.05, 0.1) is 30.6 Å². The van der Waals surface area contributed by atoms with Gasteiger partial charge >= 0.3 is 6.09 Å². The number of methoxy groups -OCH3 is 1. The number of thiazole rings is 1. The van der Waals surface area contributed by atoms with Crippen molar-refractivity contribution in [1.82, 2.24) is 24.9 Å². The van der Waals surface area contributed by atoms with Crippen molar-refractivity contribution in [2.45, 2.75) is 107 Å². The Morgan fingerprint density at radius 1 is 1.05 bits per heavy atom. The number of carbonyl (C=O) groups is 4. The zero-order valence-corrected chi connectivity index (χ0v) is 36.6. The van der Waals surface area contributed by atoms with Crippen LogP contribution in [-0.4, -0.2) is 90.1 Å². The first-order valence-corrected chi connectivity index (χ1v) is 22.6. The van der Waals surface area contributed by atoms with E-state index in [2.05, 4.69) is 20.7 Å². The molecule has 4 heterocycles. The molecule has 4 N–H and O–H groups in total. The van der Waals surface area contributed by atoms with E-state index < -0.39 is 57.1 Å². The summed E-state index contributed by atoms with van der Waals surface area (Å²) in [6, 6.07) is 12.0. The molecule has 0 spiro atoms. The average Bonchev–Trinajstić information content (AvgIpc) is 3.46. The molecule has 0 unspecified atom stereocenters. The van der Waals surface area contributed by atoms with Crippen LogP contribution in [0.15, 0.2) is 71.0 Å². The second-order valence-electron chi connectivity index (χ2n) is 16.8. The fraction of sp³-hybridized carbons (Fsp3) is 0.442. The first-order chi connectivity index (χ1) is 28.9. The fourth-order valence-electron chi connectivity index (χ4n) is 7.45. The third-order valence-electron chi connectivity index (χ3n) is 10.5. The number of hydrogen-bond donors (Lipinski definition) is 4. The molecule has 7 rings (SSSR count). The fourth-order valence-corrected chi connectivity index (χ4v) is 9.50. The molecule has 2 aromatic heterocycles. The molecule has 2 fully saturated rings. The molecule has 4 atom stereocenters. The predicted molar refractivity (Wildman–Crippen MR) is 231 cm³/mol. The number of pyridine rings is 1. The maximum absolute atomic E-state index is 14.5. The van der Waals surface area contributed by atoms with Crippen LogP contribution in [-0.2, 0) is 29.1 Å². The minimum Gasteiger partial charge on any atom is -0.497 e. The number of amides is 4. The minimum absolute atomic E-state index is 0.0170. The monoisotopic (exact) mass is 873 g/mol. The van der Waals surface area contributed by atoms with Crippen molar-refractivity contribution in [3.8, 4) is 22.9 Å². The highest BCUT2D eigenvalue weighted by atomic mass is 32.2. The van der Waals surface area contributed by atoms with E-state index in [0.29, 0.717) is 53.1 Å². The molecule has 0 bridgehead atoms. The Kier molecular flexibility index (Phi) is 12.3. The number of ether oxygens (including phenoxy) is 3. The first kappa shape index (κ1) is 43.3. The summed E-state index contributed by atoms with van der Waals surface area (Å²) in [6.45, 7) is 9.16. The van der Waals surface area contributed by atoms with Crippen molar-refractivity contribution in [1.29, 1.82) is 0 Å². The molecule has 18 heteroatoms. The van der Waals surface area contributed by atoms with Crippen LogP contribution in [0.2, 0.25) is 0 Å². The van der Waals surface area contributed by atoms with Gasteiger partial charge in [-0.15, -0.1) is 11.3 Å². The number of sulfonamides is 1. The number of para-hydroxylation sites is 1. The Balaban J connectivity index is 1.19. The highest BCUT2D eigenvalue weighted by Gasteiger charge is 2.62. The lowest BCUT2D eigenvalue weighted by Gasteiger charge is -2.29. The summed E-state index contributed by atoms with van der Waals surface area (Å²) in [4.78, 5) is 65.8. The van der Waals surface area contributed by atoms with Crippen LogP contribution in [0.25, 0.3) is 22.3 Å². The standard InChI is InChI=1S/C43H51N7O9S2/c1-25(2)44-40-47-33(24-60-40)32-21-35(29-18-17-27(57-6)19-31(29)45-32)58-28-20-34(50(23-28)41(54)59-42(3,4)5)38(52)48-43-22-26(43)13-9-7-8-10-16-37(51)46-30-14-11-12-15-36(30)61(55,56)49-39(43)53/h9,11-15,17-19,21,24-26,28,34H,7-8,10,16,20,22-23H2,1-6H3,(H,44,47)(H,46,51)(H,48,52)(H,49,53)/t26-,28+,34-,43+/m0/s1. The number of anilines is 2. The van der Waals surface area contributed by atoms with Crippen LogP contribution < -0.4 is 30.1 Å². The van der Waals surface area contributed by atoms with Crippen molar-refractivity contribution in [2.75, 3.05) is 24.3 Å². The quantitative estimate of drug-likeness (QED) is 0.142. The molecule has 1 saturated carbocycles. The molecule has 4 aromatic rings. The average molecular weight is 874 g/mol. The number of allylic oxidation sites excluding steroid dienone is 1. The van der Waals surface area contributed by atoms with Crippen molar-refractivity contribution in [2.24, 2.45) is 5.92 Å². The number of carbonyl (C=O) groups excluding carboxylic acids is 4. The molecule has 16 nitrogen and oxygen atoms in total. The predicted octanol–water partition coefficient (Wildman–Crippen LogP) is 6.39. The van der Waals surface area contributed by atoms with E-state index in [1.807, 2.05) is 31.4 Å². The highest BCUT2D eigenvalue weighted by molar-refractivity contribution is 7.90. The molecule has 1 saturated heterocycles. The van der Waals surface area contributed by atoms with Crippen molar-refractivity contribution in [3.63, 3.8) is 0 Å². The molecular formula is C43H51N7O9S2. The highest BCUT2D eigenvalue weighted by Crippen LogP contribution is 2.46. The molecule has 4 amide bonds. The Hall–Kier alpha value is -5.75.